The van der Waals surface area contributed by atoms with Crippen molar-refractivity contribution < 1.29 is 24.6 Å². The van der Waals surface area contributed by atoms with Gasteiger partial charge < -0.3 is 15.5 Å². The van der Waals surface area contributed by atoms with Gasteiger partial charge in [0, 0.05) is 11.0 Å². The minimum Gasteiger partial charge on any atom is -0.473 e. The number of carbonyl (C=O) groups is 3. The van der Waals surface area contributed by atoms with E-state index in [1.165, 1.54) is 0 Å². The Morgan fingerprint density at radius 3 is 2.21 bits per heavy atom. The first kappa shape index (κ1) is 23.9. The summed E-state index contributed by atoms with van der Waals surface area (Å²) in [7, 11) is 1.86. The number of anilines is 1. The highest BCUT2D eigenvalue weighted by molar-refractivity contribution is 9.10. The van der Waals surface area contributed by atoms with Gasteiger partial charge in [0.05, 0.1) is 22.3 Å². The third-order valence-corrected chi connectivity index (χ3v) is 4.77. The van der Waals surface area contributed by atoms with Crippen molar-refractivity contribution in [2.45, 2.75) is 6.54 Å². The number of halogens is 3. The topological polar surface area (TPSA) is 107 Å². The average molecular weight is 492 g/mol. The highest BCUT2D eigenvalue weighted by Crippen LogP contribution is 2.26. The summed E-state index contributed by atoms with van der Waals surface area (Å²) in [4.78, 5) is 32.2. The smallest absolute Gasteiger partial charge is 0.414 e. The summed E-state index contributed by atoms with van der Waals surface area (Å²) >= 11 is 15.6. The normalized spacial score (nSPS) is 10.0. The lowest BCUT2D eigenvalue weighted by Gasteiger charge is -2.17. The van der Waals surface area contributed by atoms with Crippen LogP contribution < -0.4 is 5.32 Å². The molecule has 10 heteroatoms. The van der Waals surface area contributed by atoms with E-state index in [9.17, 15) is 4.79 Å². The molecule has 0 bridgehead atoms. The molecule has 0 heterocycles. The van der Waals surface area contributed by atoms with Crippen molar-refractivity contribution in [3.05, 3.63) is 62.5 Å². The lowest BCUT2D eigenvalue weighted by Crippen LogP contribution is -2.30. The van der Waals surface area contributed by atoms with Crippen molar-refractivity contribution in [2.24, 2.45) is 0 Å². The summed E-state index contributed by atoms with van der Waals surface area (Å²) in [5.74, 6) is -3.74. The van der Waals surface area contributed by atoms with Gasteiger partial charge in [-0.3, -0.25) is 9.69 Å². The largest absolute Gasteiger partial charge is 0.473 e. The zero-order valence-electron chi connectivity index (χ0n) is 14.7. The SMILES string of the molecule is CN(CC(=O)Nc1ccccc1Br)Cc1cccc(Cl)c1Cl.O=C(O)C(=O)O. The number of rotatable bonds is 5. The number of likely N-dealkylation sites (N-methyl/N-ethyl adjacent to an activating group) is 1. The van der Waals surface area contributed by atoms with E-state index in [4.69, 9.17) is 43.0 Å². The van der Waals surface area contributed by atoms with E-state index < -0.39 is 11.9 Å². The standard InChI is InChI=1S/C16H15BrCl2N2O.C2H2O4/c1-21(9-11-5-4-7-13(18)16(11)19)10-15(22)20-14-8-3-2-6-12(14)17;3-1(4)2(5)6/h2-8H,9-10H2,1H3,(H,20,22);(H,3,4)(H,5,6). The Bertz CT molecular complexity index is 852. The Morgan fingerprint density at radius 1 is 1.04 bits per heavy atom. The van der Waals surface area contributed by atoms with Crippen molar-refractivity contribution in [2.75, 3.05) is 18.9 Å². The van der Waals surface area contributed by atoms with Gasteiger partial charge in [-0.1, -0.05) is 47.5 Å². The summed E-state index contributed by atoms with van der Waals surface area (Å²) in [6.45, 7) is 0.799. The molecule has 0 aliphatic heterocycles. The molecule has 0 saturated heterocycles. The molecule has 0 fully saturated rings. The van der Waals surface area contributed by atoms with Crippen LogP contribution in [-0.4, -0.2) is 46.6 Å². The lowest BCUT2D eigenvalue weighted by molar-refractivity contribution is -0.159. The molecule has 2 aromatic rings. The van der Waals surface area contributed by atoms with Crippen LogP contribution in [0.5, 0.6) is 0 Å². The van der Waals surface area contributed by atoms with Crippen molar-refractivity contribution in [1.29, 1.82) is 0 Å². The lowest BCUT2D eigenvalue weighted by atomic mass is 10.2. The van der Waals surface area contributed by atoms with Crippen molar-refractivity contribution in [3.8, 4) is 0 Å². The Morgan fingerprint density at radius 2 is 1.64 bits per heavy atom. The van der Waals surface area contributed by atoms with E-state index in [1.54, 1.807) is 6.07 Å². The number of nitrogens with one attached hydrogen (secondary N) is 1. The third kappa shape index (κ3) is 8.26. The number of para-hydroxylation sites is 1. The molecule has 28 heavy (non-hydrogen) atoms. The van der Waals surface area contributed by atoms with Gasteiger partial charge in [0.1, 0.15) is 0 Å². The predicted octanol–water partition coefficient (Wildman–Crippen LogP) is 3.98. The van der Waals surface area contributed by atoms with Gasteiger partial charge in [-0.2, -0.15) is 0 Å². The molecule has 2 rings (SSSR count). The molecule has 0 radical (unpaired) electrons. The van der Waals surface area contributed by atoms with Crippen LogP contribution in [0.15, 0.2) is 46.9 Å². The maximum atomic E-state index is 12.1. The third-order valence-electron chi connectivity index (χ3n) is 3.22. The Balaban J connectivity index is 0.000000568. The van der Waals surface area contributed by atoms with Crippen LogP contribution in [-0.2, 0) is 20.9 Å². The molecule has 1 amide bonds. The number of hydrogen-bond donors (Lipinski definition) is 3. The molecule has 0 saturated carbocycles. The first-order valence-corrected chi connectivity index (χ1v) is 9.28. The molecule has 0 aromatic heterocycles. The molecule has 0 aliphatic carbocycles. The molecule has 0 unspecified atom stereocenters. The maximum Gasteiger partial charge on any atom is 0.414 e. The van der Waals surface area contributed by atoms with Crippen LogP contribution in [0.1, 0.15) is 5.56 Å². The highest BCUT2D eigenvalue weighted by atomic mass is 79.9. The van der Waals surface area contributed by atoms with Crippen molar-refractivity contribution in [3.63, 3.8) is 0 Å². The van der Waals surface area contributed by atoms with Crippen LogP contribution in [0.3, 0.4) is 0 Å². The van der Waals surface area contributed by atoms with Gasteiger partial charge in [-0.15, -0.1) is 0 Å². The fourth-order valence-electron chi connectivity index (χ4n) is 2.01. The summed E-state index contributed by atoms with van der Waals surface area (Å²) < 4.78 is 0.851. The summed E-state index contributed by atoms with van der Waals surface area (Å²) in [5, 5.41) is 18.7. The average Bonchev–Trinajstić information content (AvgIpc) is 2.61. The summed E-state index contributed by atoms with van der Waals surface area (Å²) in [6.07, 6.45) is 0. The second-order valence-electron chi connectivity index (χ2n) is 5.52. The molecule has 2 aromatic carbocycles. The van der Waals surface area contributed by atoms with Gasteiger partial charge in [0.2, 0.25) is 5.91 Å². The number of hydrogen-bond acceptors (Lipinski definition) is 4. The molecule has 0 aliphatic rings. The first-order chi connectivity index (χ1) is 13.1. The van der Waals surface area contributed by atoms with E-state index >= 15 is 0 Å². The van der Waals surface area contributed by atoms with Crippen LogP contribution in [0.25, 0.3) is 0 Å². The second-order valence-corrected chi connectivity index (χ2v) is 7.16. The molecular weight excluding hydrogens is 475 g/mol. The number of carboxylic acids is 2. The van der Waals surface area contributed by atoms with Gasteiger partial charge >= 0.3 is 11.9 Å². The van der Waals surface area contributed by atoms with Crippen LogP contribution in [0.2, 0.25) is 10.0 Å². The number of nitrogens with zero attached hydrogens (tertiary/aromatic N) is 1. The van der Waals surface area contributed by atoms with Crippen LogP contribution in [0.4, 0.5) is 5.69 Å². The van der Waals surface area contributed by atoms with Crippen molar-refractivity contribution in [1.82, 2.24) is 4.90 Å². The number of aliphatic carboxylic acids is 2. The van der Waals surface area contributed by atoms with E-state index in [1.807, 2.05) is 48.3 Å². The highest BCUT2D eigenvalue weighted by Gasteiger charge is 2.11. The summed E-state index contributed by atoms with van der Waals surface area (Å²) in [5.41, 5.74) is 1.65. The van der Waals surface area contributed by atoms with Crippen LogP contribution in [0, 0.1) is 0 Å². The maximum absolute atomic E-state index is 12.1. The number of benzene rings is 2. The Kier molecular flexibility index (Phi) is 9.95. The van der Waals surface area contributed by atoms with Gasteiger partial charge in [-0.25, -0.2) is 9.59 Å². The molecule has 3 N–H and O–H groups in total. The fraction of sp³-hybridized carbons (Fsp3) is 0.167. The minimum absolute atomic E-state index is 0.0902. The molecule has 150 valence electrons. The first-order valence-electron chi connectivity index (χ1n) is 7.73. The van der Waals surface area contributed by atoms with E-state index in [-0.39, 0.29) is 12.5 Å². The Hall–Kier alpha value is -2.13. The molecule has 0 atom stereocenters. The quantitative estimate of drug-likeness (QED) is 0.546. The molecule has 7 nitrogen and oxygen atoms in total. The van der Waals surface area contributed by atoms with Gasteiger partial charge in [0.25, 0.3) is 0 Å². The molecular formula is C18H17BrCl2N2O5. The van der Waals surface area contributed by atoms with E-state index in [0.29, 0.717) is 16.6 Å². The van der Waals surface area contributed by atoms with Gasteiger partial charge in [0.15, 0.2) is 0 Å². The summed E-state index contributed by atoms with van der Waals surface area (Å²) in [6, 6.07) is 13.0. The fourth-order valence-corrected chi connectivity index (χ4v) is 2.78. The minimum atomic E-state index is -1.82. The monoisotopic (exact) mass is 490 g/mol. The van der Waals surface area contributed by atoms with Gasteiger partial charge in [-0.05, 0) is 46.7 Å². The number of carboxylic acid groups (broad SMARTS) is 2. The zero-order chi connectivity index (χ0) is 21.3. The van der Waals surface area contributed by atoms with E-state index in [0.717, 1.165) is 15.7 Å². The molecule has 0 spiro atoms. The second kappa shape index (κ2) is 11.7. The van der Waals surface area contributed by atoms with E-state index in [2.05, 4.69) is 21.2 Å². The number of carbonyl (C=O) groups excluding carboxylic acids is 1. The predicted molar refractivity (Wildman–Crippen MR) is 111 cm³/mol. The van der Waals surface area contributed by atoms with Crippen LogP contribution >= 0.6 is 39.1 Å². The van der Waals surface area contributed by atoms with Crippen molar-refractivity contribution >= 4 is 62.7 Å². The zero-order valence-corrected chi connectivity index (χ0v) is 17.8. The Labute approximate surface area is 180 Å². The number of amides is 1.